The molecule has 2 aliphatic rings. The van der Waals surface area contributed by atoms with Crippen molar-refractivity contribution < 1.29 is 0 Å². The Hall–Kier alpha value is -5.96. The van der Waals surface area contributed by atoms with Crippen molar-refractivity contribution in [1.82, 2.24) is 0 Å². The Labute approximate surface area is 320 Å². The predicted octanol–water partition coefficient (Wildman–Crippen LogP) is 15.0. The van der Waals surface area contributed by atoms with Gasteiger partial charge in [0, 0.05) is 48.1 Å². The zero-order valence-corrected chi connectivity index (χ0v) is 31.8. The second kappa shape index (κ2) is 11.3. The van der Waals surface area contributed by atoms with Crippen LogP contribution in [0.2, 0.25) is 0 Å². The van der Waals surface area contributed by atoms with E-state index < -0.39 is 0 Å². The molecular formula is C52H39NS. The van der Waals surface area contributed by atoms with Crippen LogP contribution in [-0.4, -0.2) is 0 Å². The van der Waals surface area contributed by atoms with E-state index in [4.69, 9.17) is 0 Å². The Bertz CT molecular complexity index is 3000. The maximum Gasteiger partial charge on any atom is 0.0468 e. The van der Waals surface area contributed by atoms with Gasteiger partial charge in [0.15, 0.2) is 0 Å². The number of para-hydroxylation sites is 1. The SMILES string of the molecule is CC1(C)c2ccccc2-c2cc3c(cc21)C(C)(C)c1ccc(-c2ccc4cc(N(c5ccccc5)c5ccc6sc7ccccc7c6c5)ccc4c2)cc1-3. The molecule has 0 aliphatic heterocycles. The lowest BCUT2D eigenvalue weighted by Gasteiger charge is -2.26. The number of anilines is 3. The molecule has 0 bridgehead atoms. The summed E-state index contributed by atoms with van der Waals surface area (Å²) in [7, 11) is 0. The van der Waals surface area contributed by atoms with E-state index in [1.165, 1.54) is 86.6 Å². The first-order valence-electron chi connectivity index (χ1n) is 19.0. The van der Waals surface area contributed by atoms with Gasteiger partial charge in [-0.1, -0.05) is 125 Å². The average Bonchev–Trinajstić information content (AvgIpc) is 3.76. The summed E-state index contributed by atoms with van der Waals surface area (Å²) in [5.74, 6) is 0. The van der Waals surface area contributed by atoms with Crippen LogP contribution in [0.15, 0.2) is 164 Å². The molecule has 0 fully saturated rings. The maximum absolute atomic E-state index is 2.53. The molecule has 0 unspecified atom stereocenters. The summed E-state index contributed by atoms with van der Waals surface area (Å²) in [4.78, 5) is 2.38. The van der Waals surface area contributed by atoms with E-state index in [0.29, 0.717) is 0 Å². The molecule has 258 valence electrons. The van der Waals surface area contributed by atoms with Crippen LogP contribution in [0.4, 0.5) is 17.1 Å². The number of fused-ring (bicyclic) bond motifs is 10. The number of thiophene rings is 1. The molecule has 0 atom stereocenters. The maximum atomic E-state index is 2.53. The quantitative estimate of drug-likeness (QED) is 0.176. The zero-order chi connectivity index (χ0) is 36.3. The lowest BCUT2D eigenvalue weighted by Crippen LogP contribution is -2.18. The van der Waals surface area contributed by atoms with Gasteiger partial charge in [0.25, 0.3) is 0 Å². The molecule has 0 saturated heterocycles. The number of nitrogens with zero attached hydrogens (tertiary/aromatic N) is 1. The molecule has 2 heteroatoms. The summed E-state index contributed by atoms with van der Waals surface area (Å²) in [6.45, 7) is 9.55. The summed E-state index contributed by atoms with van der Waals surface area (Å²) in [5.41, 5.74) is 17.1. The standard InChI is InChI=1S/C52H39NS/c1-51(2)45-16-10-8-14-39(45)42-30-43-41-28-35(21-24-46(41)52(3,4)48(43)31-47(42)51)32-18-19-34-27-37(22-20-33(34)26-32)53(36-12-6-5-7-13-36)38-23-25-50-44(29-38)40-15-9-11-17-49(40)54-50/h5-31H,1-4H3. The lowest BCUT2D eigenvalue weighted by atomic mass is 9.77. The van der Waals surface area contributed by atoms with Gasteiger partial charge in [0.05, 0.1) is 0 Å². The fraction of sp³-hybridized carbons (Fsp3) is 0.115. The Kier molecular flexibility index (Phi) is 6.59. The Morgan fingerprint density at radius 3 is 1.81 bits per heavy atom. The summed E-state index contributed by atoms with van der Waals surface area (Å²) in [5, 5.41) is 5.08. The highest BCUT2D eigenvalue weighted by Crippen LogP contribution is 2.56. The first-order chi connectivity index (χ1) is 26.3. The van der Waals surface area contributed by atoms with E-state index in [2.05, 4.69) is 196 Å². The van der Waals surface area contributed by atoms with Gasteiger partial charge in [-0.05, 0) is 133 Å². The van der Waals surface area contributed by atoms with Gasteiger partial charge in [0.2, 0.25) is 0 Å². The van der Waals surface area contributed by atoms with Crippen molar-refractivity contribution in [2.45, 2.75) is 38.5 Å². The van der Waals surface area contributed by atoms with Gasteiger partial charge in [0.1, 0.15) is 0 Å². The molecule has 9 aromatic rings. The van der Waals surface area contributed by atoms with Crippen LogP contribution in [0.5, 0.6) is 0 Å². The highest BCUT2D eigenvalue weighted by atomic mass is 32.1. The molecule has 0 N–H and O–H groups in total. The van der Waals surface area contributed by atoms with Crippen molar-refractivity contribution in [3.05, 3.63) is 186 Å². The van der Waals surface area contributed by atoms with Crippen LogP contribution >= 0.6 is 11.3 Å². The molecule has 11 rings (SSSR count). The molecule has 0 spiro atoms. The van der Waals surface area contributed by atoms with E-state index in [1.54, 1.807) is 0 Å². The third kappa shape index (κ3) is 4.50. The number of benzene rings is 8. The normalized spacial score (nSPS) is 14.6. The van der Waals surface area contributed by atoms with Crippen LogP contribution in [0.1, 0.15) is 49.9 Å². The monoisotopic (exact) mass is 709 g/mol. The molecule has 1 aromatic heterocycles. The van der Waals surface area contributed by atoms with Gasteiger partial charge < -0.3 is 4.90 Å². The smallest absolute Gasteiger partial charge is 0.0468 e. The minimum absolute atomic E-state index is 0.00738. The number of hydrogen-bond acceptors (Lipinski definition) is 2. The van der Waals surface area contributed by atoms with Crippen LogP contribution in [0.3, 0.4) is 0 Å². The zero-order valence-electron chi connectivity index (χ0n) is 30.9. The Morgan fingerprint density at radius 2 is 0.963 bits per heavy atom. The van der Waals surface area contributed by atoms with Crippen LogP contribution in [0.25, 0.3) is 64.3 Å². The van der Waals surface area contributed by atoms with Gasteiger partial charge in [-0.25, -0.2) is 0 Å². The topological polar surface area (TPSA) is 3.24 Å². The number of rotatable bonds is 4. The van der Waals surface area contributed by atoms with Gasteiger partial charge in [-0.15, -0.1) is 11.3 Å². The predicted molar refractivity (Wildman–Crippen MR) is 232 cm³/mol. The van der Waals surface area contributed by atoms with E-state index in [-0.39, 0.29) is 10.8 Å². The van der Waals surface area contributed by atoms with Gasteiger partial charge >= 0.3 is 0 Å². The molecular weight excluding hydrogens is 671 g/mol. The third-order valence-corrected chi connectivity index (χ3v) is 13.6. The third-order valence-electron chi connectivity index (χ3n) is 12.4. The lowest BCUT2D eigenvalue weighted by molar-refractivity contribution is 0.639. The van der Waals surface area contributed by atoms with Crippen molar-refractivity contribution in [1.29, 1.82) is 0 Å². The Balaban J connectivity index is 0.993. The van der Waals surface area contributed by atoms with E-state index in [1.807, 2.05) is 11.3 Å². The highest BCUT2D eigenvalue weighted by Gasteiger charge is 2.41. The van der Waals surface area contributed by atoms with Crippen LogP contribution in [-0.2, 0) is 10.8 Å². The van der Waals surface area contributed by atoms with Gasteiger partial charge in [-0.2, -0.15) is 0 Å². The van der Waals surface area contributed by atoms with Crippen molar-refractivity contribution in [3.63, 3.8) is 0 Å². The summed E-state index contributed by atoms with van der Waals surface area (Å²) >= 11 is 1.86. The van der Waals surface area contributed by atoms with E-state index in [0.717, 1.165) is 17.1 Å². The largest absolute Gasteiger partial charge is 0.310 e. The van der Waals surface area contributed by atoms with E-state index >= 15 is 0 Å². The fourth-order valence-corrected chi connectivity index (χ4v) is 10.6. The molecule has 54 heavy (non-hydrogen) atoms. The van der Waals surface area contributed by atoms with Gasteiger partial charge in [-0.3, -0.25) is 0 Å². The molecule has 8 aromatic carbocycles. The van der Waals surface area contributed by atoms with Crippen molar-refractivity contribution in [2.24, 2.45) is 0 Å². The molecule has 0 radical (unpaired) electrons. The second-order valence-electron chi connectivity index (χ2n) is 16.2. The molecule has 0 amide bonds. The van der Waals surface area contributed by atoms with Crippen LogP contribution in [0, 0.1) is 0 Å². The van der Waals surface area contributed by atoms with Crippen molar-refractivity contribution in [3.8, 4) is 33.4 Å². The first-order valence-corrected chi connectivity index (χ1v) is 19.8. The molecule has 2 aliphatic carbocycles. The summed E-state index contributed by atoms with van der Waals surface area (Å²) in [6, 6.07) is 61.4. The van der Waals surface area contributed by atoms with Crippen molar-refractivity contribution in [2.75, 3.05) is 4.90 Å². The van der Waals surface area contributed by atoms with Crippen LogP contribution < -0.4 is 4.90 Å². The molecule has 1 heterocycles. The minimum Gasteiger partial charge on any atom is -0.310 e. The summed E-state index contributed by atoms with van der Waals surface area (Å²) < 4.78 is 2.64. The number of hydrogen-bond donors (Lipinski definition) is 0. The Morgan fingerprint density at radius 1 is 0.370 bits per heavy atom. The highest BCUT2D eigenvalue weighted by molar-refractivity contribution is 7.25. The minimum atomic E-state index is -0.0610. The summed E-state index contributed by atoms with van der Waals surface area (Å²) in [6.07, 6.45) is 0. The average molecular weight is 710 g/mol. The second-order valence-corrected chi connectivity index (χ2v) is 17.3. The first kappa shape index (κ1) is 31.6. The molecule has 0 saturated carbocycles. The van der Waals surface area contributed by atoms with Crippen molar-refractivity contribution >= 4 is 59.3 Å². The molecule has 1 nitrogen and oxygen atoms in total. The van der Waals surface area contributed by atoms with E-state index in [9.17, 15) is 0 Å². The fourth-order valence-electron chi connectivity index (χ4n) is 9.55.